The quantitative estimate of drug-likeness (QED) is 0.558. The van der Waals surface area contributed by atoms with Crippen molar-refractivity contribution in [2.24, 2.45) is 7.05 Å². The predicted octanol–water partition coefficient (Wildman–Crippen LogP) is 3.00. The molecular formula is C26H26N4O5. The van der Waals surface area contributed by atoms with Crippen LogP contribution in [-0.4, -0.2) is 52.6 Å². The molecule has 0 bridgehead atoms. The van der Waals surface area contributed by atoms with Crippen LogP contribution >= 0.6 is 0 Å². The van der Waals surface area contributed by atoms with E-state index in [0.29, 0.717) is 16.7 Å². The first-order valence-corrected chi connectivity index (χ1v) is 10.8. The number of nitriles is 1. The molecule has 1 amide bonds. The van der Waals surface area contributed by atoms with Crippen LogP contribution in [-0.2, 0) is 7.05 Å². The highest BCUT2D eigenvalue weighted by molar-refractivity contribution is 5.94. The summed E-state index contributed by atoms with van der Waals surface area (Å²) in [4.78, 5) is 42.9. The Labute approximate surface area is 202 Å². The van der Waals surface area contributed by atoms with E-state index in [4.69, 9.17) is 4.74 Å². The predicted molar refractivity (Wildman–Crippen MR) is 129 cm³/mol. The van der Waals surface area contributed by atoms with Crippen molar-refractivity contribution in [3.05, 3.63) is 92.7 Å². The Hall–Kier alpha value is -4.45. The number of aromatic nitrogens is 2. The molecule has 0 saturated heterocycles. The van der Waals surface area contributed by atoms with Crippen LogP contribution in [0.1, 0.15) is 62.1 Å². The Kier molecular flexibility index (Phi) is 7.35. The molecule has 0 aliphatic carbocycles. The van der Waals surface area contributed by atoms with Gasteiger partial charge in [-0.2, -0.15) is 5.26 Å². The van der Waals surface area contributed by atoms with Crippen molar-refractivity contribution in [2.75, 3.05) is 21.2 Å². The van der Waals surface area contributed by atoms with Gasteiger partial charge in [0, 0.05) is 38.5 Å². The van der Waals surface area contributed by atoms with E-state index in [-0.39, 0.29) is 17.5 Å². The monoisotopic (exact) mass is 474 g/mol. The van der Waals surface area contributed by atoms with E-state index in [2.05, 4.69) is 11.1 Å². The summed E-state index contributed by atoms with van der Waals surface area (Å²) in [5.74, 6) is -2.74. The van der Waals surface area contributed by atoms with Crippen LogP contribution in [0.4, 0.5) is 0 Å². The first-order chi connectivity index (χ1) is 16.6. The van der Waals surface area contributed by atoms with Gasteiger partial charge >= 0.3 is 5.97 Å². The first-order valence-electron chi connectivity index (χ1n) is 10.8. The zero-order valence-electron chi connectivity index (χ0n) is 20.1. The van der Waals surface area contributed by atoms with Gasteiger partial charge in [-0.05, 0) is 23.3 Å². The molecule has 3 aromatic rings. The van der Waals surface area contributed by atoms with E-state index in [1.807, 2.05) is 37.3 Å². The lowest BCUT2D eigenvalue weighted by atomic mass is 9.79. The number of nitrogens with zero attached hydrogens (tertiary/aromatic N) is 4. The zero-order chi connectivity index (χ0) is 25.9. The van der Waals surface area contributed by atoms with Crippen molar-refractivity contribution in [3.63, 3.8) is 0 Å². The van der Waals surface area contributed by atoms with E-state index in [1.54, 1.807) is 32.3 Å². The molecule has 3 rings (SSSR count). The summed E-state index contributed by atoms with van der Waals surface area (Å²) in [5.41, 5.74) is 1.04. The molecule has 180 valence electrons. The fourth-order valence-electron chi connectivity index (χ4n) is 4.20. The number of carbonyl (C=O) groups excluding carboxylic acids is 1. The average molecular weight is 475 g/mol. The van der Waals surface area contributed by atoms with Crippen LogP contribution < -0.4 is 10.3 Å². The number of aromatic carboxylic acids is 1. The number of benzene rings is 2. The number of hydrogen-bond acceptors (Lipinski definition) is 6. The van der Waals surface area contributed by atoms with Crippen molar-refractivity contribution >= 4 is 11.9 Å². The maximum Gasteiger partial charge on any atom is 0.358 e. The standard InChI is InChI=1S/C26H26N4O5/c1-15(23-28-21(26(33)34)22(35-5)25(32)30(23)4)20(16-9-7-6-8-10-16)19-12-11-17(13-18(19)14-27)24(31)29(2)3/h6-13,15,20H,1-5H3,(H,33,34). The fraction of sp³-hybridized carbons (Fsp3) is 0.269. The first kappa shape index (κ1) is 25.2. The molecule has 0 aliphatic rings. The van der Waals surface area contributed by atoms with Gasteiger partial charge in [-0.25, -0.2) is 9.78 Å². The minimum absolute atomic E-state index is 0.222. The van der Waals surface area contributed by atoms with Gasteiger partial charge in [0.1, 0.15) is 5.82 Å². The van der Waals surface area contributed by atoms with Crippen LogP contribution in [0.25, 0.3) is 0 Å². The van der Waals surface area contributed by atoms with Crippen LogP contribution in [0.5, 0.6) is 5.75 Å². The van der Waals surface area contributed by atoms with E-state index in [9.17, 15) is 24.8 Å². The van der Waals surface area contributed by atoms with Crippen LogP contribution in [0.15, 0.2) is 53.3 Å². The molecule has 0 aliphatic heterocycles. The molecule has 0 fully saturated rings. The second-order valence-corrected chi connectivity index (χ2v) is 8.31. The summed E-state index contributed by atoms with van der Waals surface area (Å²) < 4.78 is 6.28. The molecule has 2 unspecified atom stereocenters. The molecule has 9 nitrogen and oxygen atoms in total. The molecule has 0 saturated carbocycles. The molecule has 0 radical (unpaired) electrons. The maximum atomic E-state index is 12.9. The van der Waals surface area contributed by atoms with Crippen molar-refractivity contribution < 1.29 is 19.4 Å². The summed E-state index contributed by atoms with van der Waals surface area (Å²) in [7, 11) is 5.98. The van der Waals surface area contributed by atoms with Crippen molar-refractivity contribution in [3.8, 4) is 11.8 Å². The van der Waals surface area contributed by atoms with Crippen LogP contribution in [0, 0.1) is 11.3 Å². The lowest BCUT2D eigenvalue weighted by molar-refractivity contribution is 0.0684. The second-order valence-electron chi connectivity index (χ2n) is 8.31. The van der Waals surface area contributed by atoms with E-state index in [0.717, 1.165) is 5.56 Å². The third-order valence-electron chi connectivity index (χ3n) is 5.92. The summed E-state index contributed by atoms with van der Waals surface area (Å²) >= 11 is 0. The highest BCUT2D eigenvalue weighted by Gasteiger charge is 2.31. The topological polar surface area (TPSA) is 126 Å². The molecule has 35 heavy (non-hydrogen) atoms. The van der Waals surface area contributed by atoms with Crippen LogP contribution in [0.3, 0.4) is 0 Å². The van der Waals surface area contributed by atoms with E-state index in [1.165, 1.54) is 23.6 Å². The van der Waals surface area contributed by atoms with Gasteiger partial charge in [0.2, 0.25) is 5.75 Å². The average Bonchev–Trinajstić information content (AvgIpc) is 2.85. The number of carboxylic acids is 1. The number of amides is 1. The Balaban J connectivity index is 2.27. The third-order valence-corrected chi connectivity index (χ3v) is 5.92. The summed E-state index contributed by atoms with van der Waals surface area (Å²) in [6.07, 6.45) is 0. The smallest absolute Gasteiger partial charge is 0.358 e. The molecule has 2 atom stereocenters. The fourth-order valence-corrected chi connectivity index (χ4v) is 4.20. The van der Waals surface area contributed by atoms with Crippen molar-refractivity contribution in [1.82, 2.24) is 14.5 Å². The molecule has 2 aromatic carbocycles. The molecule has 1 aromatic heterocycles. The minimum atomic E-state index is -1.38. The van der Waals surface area contributed by atoms with Gasteiger partial charge in [0.05, 0.1) is 18.7 Å². The van der Waals surface area contributed by atoms with Gasteiger partial charge in [-0.15, -0.1) is 0 Å². The Morgan fingerprint density at radius 1 is 1.17 bits per heavy atom. The SMILES string of the molecule is COc1c(C(=O)O)nc(C(C)C(c2ccccc2)c2ccc(C(=O)N(C)C)cc2C#N)n(C)c1=O. The highest BCUT2D eigenvalue weighted by Crippen LogP contribution is 2.39. The molecule has 1 N–H and O–H groups in total. The number of hydrogen-bond donors (Lipinski definition) is 1. The molecule has 9 heteroatoms. The molecule has 0 spiro atoms. The minimum Gasteiger partial charge on any atom is -0.489 e. The number of rotatable bonds is 7. The lowest BCUT2D eigenvalue weighted by Crippen LogP contribution is -2.29. The van der Waals surface area contributed by atoms with Crippen LogP contribution in [0.2, 0.25) is 0 Å². The van der Waals surface area contributed by atoms with Crippen molar-refractivity contribution in [2.45, 2.75) is 18.8 Å². The Bertz CT molecular complexity index is 1370. The van der Waals surface area contributed by atoms with Gasteiger partial charge in [-0.1, -0.05) is 43.3 Å². The largest absolute Gasteiger partial charge is 0.489 e. The summed E-state index contributed by atoms with van der Waals surface area (Å²) in [6, 6.07) is 16.5. The lowest BCUT2D eigenvalue weighted by Gasteiger charge is -2.27. The van der Waals surface area contributed by atoms with E-state index < -0.39 is 29.1 Å². The third kappa shape index (κ3) is 4.77. The molecule has 1 heterocycles. The highest BCUT2D eigenvalue weighted by atomic mass is 16.5. The summed E-state index contributed by atoms with van der Waals surface area (Å²) in [5, 5.41) is 19.6. The number of methoxy groups -OCH3 is 1. The molecular weight excluding hydrogens is 448 g/mol. The Morgan fingerprint density at radius 3 is 2.37 bits per heavy atom. The van der Waals surface area contributed by atoms with Crippen molar-refractivity contribution in [1.29, 1.82) is 5.26 Å². The van der Waals surface area contributed by atoms with Gasteiger partial charge in [0.15, 0.2) is 5.69 Å². The Morgan fingerprint density at radius 2 is 1.83 bits per heavy atom. The van der Waals surface area contributed by atoms with Gasteiger partial charge in [-0.3, -0.25) is 14.2 Å². The van der Waals surface area contributed by atoms with Gasteiger partial charge < -0.3 is 14.7 Å². The maximum absolute atomic E-state index is 12.9. The van der Waals surface area contributed by atoms with Gasteiger partial charge in [0.25, 0.3) is 11.5 Å². The summed E-state index contributed by atoms with van der Waals surface area (Å²) in [6.45, 7) is 1.82. The normalized spacial score (nSPS) is 12.3. The number of carboxylic acid groups (broad SMARTS) is 1. The second kappa shape index (κ2) is 10.2. The zero-order valence-corrected chi connectivity index (χ0v) is 20.1. The van der Waals surface area contributed by atoms with E-state index >= 15 is 0 Å². The number of carbonyl (C=O) groups is 2. The number of ether oxygens (including phenoxy) is 1.